The Kier molecular flexibility index (Phi) is 5.62. The van der Waals surface area contributed by atoms with Crippen LogP contribution in [0.1, 0.15) is 31.1 Å². The quantitative estimate of drug-likeness (QED) is 0.868. The van der Waals surface area contributed by atoms with Crippen LogP contribution in [0.15, 0.2) is 53.4 Å². The standard InChI is InChI=1S/C18H21NO4S/c1-4-23-17-8-6-5-7-16(17)19-18(20)14-9-11-15(12-10-14)24(21,22)13(2)3/h5-13H,4H2,1-3H3,(H,19,20). The van der Waals surface area contributed by atoms with E-state index in [0.717, 1.165) is 0 Å². The zero-order valence-corrected chi connectivity index (χ0v) is 14.8. The van der Waals surface area contributed by atoms with Crippen LogP contribution in [0.25, 0.3) is 0 Å². The minimum absolute atomic E-state index is 0.212. The molecular formula is C18H21NO4S. The number of anilines is 1. The molecule has 128 valence electrons. The van der Waals surface area contributed by atoms with E-state index in [2.05, 4.69) is 5.32 Å². The van der Waals surface area contributed by atoms with Gasteiger partial charge in [0.15, 0.2) is 9.84 Å². The Morgan fingerprint density at radius 3 is 2.29 bits per heavy atom. The van der Waals surface area contributed by atoms with Crippen LogP contribution in [0.3, 0.4) is 0 Å². The Morgan fingerprint density at radius 1 is 1.08 bits per heavy atom. The van der Waals surface area contributed by atoms with Crippen LogP contribution in [0, 0.1) is 0 Å². The zero-order chi connectivity index (χ0) is 17.7. The van der Waals surface area contributed by atoms with Gasteiger partial charge < -0.3 is 10.1 Å². The molecule has 0 atom stereocenters. The molecule has 5 nitrogen and oxygen atoms in total. The van der Waals surface area contributed by atoms with Crippen molar-refractivity contribution in [3.63, 3.8) is 0 Å². The molecule has 2 aromatic carbocycles. The van der Waals surface area contributed by atoms with E-state index in [1.165, 1.54) is 24.3 Å². The van der Waals surface area contributed by atoms with Crippen molar-refractivity contribution in [2.75, 3.05) is 11.9 Å². The van der Waals surface area contributed by atoms with Gasteiger partial charge in [-0.15, -0.1) is 0 Å². The highest BCUT2D eigenvalue weighted by molar-refractivity contribution is 7.92. The second kappa shape index (κ2) is 7.49. The second-order valence-corrected chi connectivity index (χ2v) is 8.01. The topological polar surface area (TPSA) is 72.5 Å². The van der Waals surface area contributed by atoms with Crippen LogP contribution in [0.2, 0.25) is 0 Å². The highest BCUT2D eigenvalue weighted by Crippen LogP contribution is 2.24. The molecule has 0 aliphatic heterocycles. The van der Waals surface area contributed by atoms with Gasteiger partial charge in [0.1, 0.15) is 5.75 Å². The normalized spacial score (nSPS) is 11.3. The van der Waals surface area contributed by atoms with Crippen molar-refractivity contribution >= 4 is 21.4 Å². The van der Waals surface area contributed by atoms with Crippen LogP contribution in [0.5, 0.6) is 5.75 Å². The minimum atomic E-state index is -3.34. The van der Waals surface area contributed by atoms with Gasteiger partial charge in [0.25, 0.3) is 5.91 Å². The zero-order valence-electron chi connectivity index (χ0n) is 13.9. The van der Waals surface area contributed by atoms with Gasteiger partial charge in [0, 0.05) is 5.56 Å². The fraction of sp³-hybridized carbons (Fsp3) is 0.278. The molecule has 0 saturated carbocycles. The van der Waals surface area contributed by atoms with E-state index in [1.54, 1.807) is 32.0 Å². The van der Waals surface area contributed by atoms with E-state index in [0.29, 0.717) is 23.6 Å². The summed E-state index contributed by atoms with van der Waals surface area (Å²) in [5.74, 6) is 0.267. The van der Waals surface area contributed by atoms with E-state index >= 15 is 0 Å². The number of ether oxygens (including phenoxy) is 1. The molecule has 0 heterocycles. The SMILES string of the molecule is CCOc1ccccc1NC(=O)c1ccc(S(=O)(=O)C(C)C)cc1. The lowest BCUT2D eigenvalue weighted by Crippen LogP contribution is -2.15. The molecule has 6 heteroatoms. The average molecular weight is 347 g/mol. The molecular weight excluding hydrogens is 326 g/mol. The molecule has 0 aliphatic carbocycles. The van der Waals surface area contributed by atoms with Gasteiger partial charge in [-0.25, -0.2) is 8.42 Å². The molecule has 0 fully saturated rings. The van der Waals surface area contributed by atoms with Gasteiger partial charge in [-0.1, -0.05) is 12.1 Å². The lowest BCUT2D eigenvalue weighted by molar-refractivity contribution is 0.102. The number of benzene rings is 2. The Hall–Kier alpha value is -2.34. The van der Waals surface area contributed by atoms with Gasteiger partial charge in [-0.3, -0.25) is 4.79 Å². The molecule has 0 saturated heterocycles. The Morgan fingerprint density at radius 2 is 1.71 bits per heavy atom. The summed E-state index contributed by atoms with van der Waals surface area (Å²) in [6, 6.07) is 13.1. The number of hydrogen-bond acceptors (Lipinski definition) is 4. The van der Waals surface area contributed by atoms with Crippen LogP contribution in [-0.2, 0) is 9.84 Å². The van der Waals surface area contributed by atoms with Gasteiger partial charge in [0.05, 0.1) is 22.4 Å². The van der Waals surface area contributed by atoms with Gasteiger partial charge >= 0.3 is 0 Å². The minimum Gasteiger partial charge on any atom is -0.492 e. The van der Waals surface area contributed by atoms with Crippen molar-refractivity contribution in [2.24, 2.45) is 0 Å². The molecule has 0 unspecified atom stereocenters. The van der Waals surface area contributed by atoms with E-state index in [9.17, 15) is 13.2 Å². The Labute approximate surface area is 142 Å². The van der Waals surface area contributed by atoms with Crippen LogP contribution in [-0.4, -0.2) is 26.2 Å². The third-order valence-corrected chi connectivity index (χ3v) is 5.67. The monoisotopic (exact) mass is 347 g/mol. The number of rotatable bonds is 6. The number of para-hydroxylation sites is 2. The molecule has 0 aliphatic rings. The van der Waals surface area contributed by atoms with E-state index in [1.807, 2.05) is 13.0 Å². The predicted molar refractivity (Wildman–Crippen MR) is 94.3 cm³/mol. The van der Waals surface area contributed by atoms with Crippen LogP contribution >= 0.6 is 0 Å². The summed E-state index contributed by atoms with van der Waals surface area (Å²) < 4.78 is 29.7. The van der Waals surface area contributed by atoms with Gasteiger partial charge in [0.2, 0.25) is 0 Å². The van der Waals surface area contributed by atoms with Crippen LogP contribution < -0.4 is 10.1 Å². The van der Waals surface area contributed by atoms with E-state index in [4.69, 9.17) is 4.74 Å². The number of carbonyl (C=O) groups excluding carboxylic acids is 1. The molecule has 2 rings (SSSR count). The van der Waals surface area contributed by atoms with Gasteiger partial charge in [-0.05, 0) is 57.2 Å². The highest BCUT2D eigenvalue weighted by atomic mass is 32.2. The lowest BCUT2D eigenvalue weighted by atomic mass is 10.2. The number of nitrogens with one attached hydrogen (secondary N) is 1. The van der Waals surface area contributed by atoms with Crippen LogP contribution in [0.4, 0.5) is 5.69 Å². The van der Waals surface area contributed by atoms with E-state index < -0.39 is 15.1 Å². The summed E-state index contributed by atoms with van der Waals surface area (Å²) in [6.07, 6.45) is 0. The predicted octanol–water partition coefficient (Wildman–Crippen LogP) is 3.52. The lowest BCUT2D eigenvalue weighted by Gasteiger charge is -2.12. The summed E-state index contributed by atoms with van der Waals surface area (Å²) in [6.45, 7) is 5.61. The van der Waals surface area contributed by atoms with Crippen molar-refractivity contribution in [3.8, 4) is 5.75 Å². The van der Waals surface area contributed by atoms with Crippen molar-refractivity contribution < 1.29 is 17.9 Å². The average Bonchev–Trinajstić information content (AvgIpc) is 2.57. The fourth-order valence-electron chi connectivity index (χ4n) is 2.11. The highest BCUT2D eigenvalue weighted by Gasteiger charge is 2.19. The summed E-state index contributed by atoms with van der Waals surface area (Å²) in [4.78, 5) is 12.6. The van der Waals surface area contributed by atoms with E-state index in [-0.39, 0.29) is 10.8 Å². The number of sulfone groups is 1. The fourth-order valence-corrected chi connectivity index (χ4v) is 3.17. The summed E-state index contributed by atoms with van der Waals surface area (Å²) in [5.41, 5.74) is 0.951. The first-order valence-corrected chi connectivity index (χ1v) is 9.28. The molecule has 24 heavy (non-hydrogen) atoms. The Balaban J connectivity index is 2.20. The first-order valence-electron chi connectivity index (χ1n) is 7.73. The maximum atomic E-state index is 12.3. The maximum absolute atomic E-state index is 12.3. The molecule has 0 aromatic heterocycles. The van der Waals surface area contributed by atoms with Crippen molar-refractivity contribution in [1.82, 2.24) is 0 Å². The molecule has 2 aromatic rings. The summed E-state index contributed by atoms with van der Waals surface area (Å²) in [5, 5.41) is 2.27. The number of carbonyl (C=O) groups is 1. The van der Waals surface area contributed by atoms with Crippen molar-refractivity contribution in [1.29, 1.82) is 0 Å². The van der Waals surface area contributed by atoms with Crippen molar-refractivity contribution in [3.05, 3.63) is 54.1 Å². The first-order chi connectivity index (χ1) is 11.4. The molecule has 0 bridgehead atoms. The maximum Gasteiger partial charge on any atom is 0.255 e. The summed E-state index contributed by atoms with van der Waals surface area (Å²) >= 11 is 0. The Bertz CT molecular complexity index is 811. The summed E-state index contributed by atoms with van der Waals surface area (Å²) in [7, 11) is -3.34. The third kappa shape index (κ3) is 3.94. The first kappa shape index (κ1) is 18.0. The van der Waals surface area contributed by atoms with Crippen molar-refractivity contribution in [2.45, 2.75) is 30.9 Å². The molecule has 1 N–H and O–H groups in total. The largest absolute Gasteiger partial charge is 0.492 e. The second-order valence-electron chi connectivity index (χ2n) is 5.50. The molecule has 1 amide bonds. The number of amides is 1. The van der Waals surface area contributed by atoms with Gasteiger partial charge in [-0.2, -0.15) is 0 Å². The number of hydrogen-bond donors (Lipinski definition) is 1. The third-order valence-electron chi connectivity index (χ3n) is 3.50. The molecule has 0 radical (unpaired) electrons. The molecule has 0 spiro atoms. The smallest absolute Gasteiger partial charge is 0.255 e.